The Morgan fingerprint density at radius 3 is 2.50 bits per heavy atom. The third-order valence-corrected chi connectivity index (χ3v) is 2.88. The second-order valence-corrected chi connectivity index (χ2v) is 4.43. The van der Waals surface area contributed by atoms with Gasteiger partial charge >= 0.3 is 0 Å². The van der Waals surface area contributed by atoms with Crippen LogP contribution in [0.15, 0.2) is 30.3 Å². The number of carbonyl (C=O) groups is 1. The highest BCUT2D eigenvalue weighted by Gasteiger charge is 2.12. The lowest BCUT2D eigenvalue weighted by atomic mass is 10.0. The molecule has 2 nitrogen and oxygen atoms in total. The molecule has 1 aromatic carbocycles. The molecule has 0 amide bonds. The Morgan fingerprint density at radius 1 is 1.31 bits per heavy atom. The maximum Gasteiger partial charge on any atom is 0.149 e. The summed E-state index contributed by atoms with van der Waals surface area (Å²) in [5, 5.41) is 0. The third kappa shape index (κ3) is 4.15. The molecule has 0 aliphatic carbocycles. The summed E-state index contributed by atoms with van der Waals surface area (Å²) in [7, 11) is 1.99. The van der Waals surface area contributed by atoms with E-state index in [2.05, 4.69) is 24.0 Å². The van der Waals surface area contributed by atoms with Crippen LogP contribution in [0.3, 0.4) is 0 Å². The molecule has 0 fully saturated rings. The van der Waals surface area contributed by atoms with Gasteiger partial charge in [0.05, 0.1) is 6.54 Å². The van der Waals surface area contributed by atoms with Gasteiger partial charge < -0.3 is 0 Å². The van der Waals surface area contributed by atoms with E-state index in [0.29, 0.717) is 12.3 Å². The molecule has 16 heavy (non-hydrogen) atoms. The van der Waals surface area contributed by atoms with Gasteiger partial charge in [-0.2, -0.15) is 0 Å². The average molecular weight is 219 g/mol. The van der Waals surface area contributed by atoms with Crippen molar-refractivity contribution in [3.8, 4) is 0 Å². The smallest absolute Gasteiger partial charge is 0.149 e. The molecule has 0 saturated carbocycles. The van der Waals surface area contributed by atoms with Gasteiger partial charge in [-0.1, -0.05) is 44.2 Å². The van der Waals surface area contributed by atoms with Crippen LogP contribution in [0.2, 0.25) is 0 Å². The monoisotopic (exact) mass is 219 g/mol. The predicted octanol–water partition coefficient (Wildman–Crippen LogP) is 2.73. The molecule has 1 unspecified atom stereocenters. The van der Waals surface area contributed by atoms with Crippen molar-refractivity contribution in [3.63, 3.8) is 0 Å². The summed E-state index contributed by atoms with van der Waals surface area (Å²) in [6, 6.07) is 10.2. The van der Waals surface area contributed by atoms with E-state index in [4.69, 9.17) is 0 Å². The predicted molar refractivity (Wildman–Crippen MR) is 67.2 cm³/mol. The Labute approximate surface area is 98.3 Å². The van der Waals surface area contributed by atoms with Crippen LogP contribution in [0.4, 0.5) is 0 Å². The molecule has 0 heterocycles. The molecule has 0 bridgehead atoms. The maximum absolute atomic E-state index is 11.7. The quantitative estimate of drug-likeness (QED) is 0.733. The average Bonchev–Trinajstić information content (AvgIpc) is 2.29. The summed E-state index contributed by atoms with van der Waals surface area (Å²) in [5.74, 6) is 0.513. The molecule has 1 rings (SSSR count). The first-order valence-corrected chi connectivity index (χ1v) is 5.88. The number of nitrogens with zero attached hydrogens (tertiary/aromatic N) is 1. The van der Waals surface area contributed by atoms with E-state index < -0.39 is 0 Å². The van der Waals surface area contributed by atoms with Gasteiger partial charge in [-0.25, -0.2) is 0 Å². The normalized spacial score (nSPS) is 12.8. The summed E-state index contributed by atoms with van der Waals surface area (Å²) < 4.78 is 0. The number of hydrogen-bond donors (Lipinski definition) is 0. The summed E-state index contributed by atoms with van der Waals surface area (Å²) >= 11 is 0. The van der Waals surface area contributed by atoms with E-state index in [1.165, 1.54) is 5.56 Å². The van der Waals surface area contributed by atoms with E-state index in [0.717, 1.165) is 13.0 Å². The summed E-state index contributed by atoms with van der Waals surface area (Å²) in [5.41, 5.74) is 1.25. The third-order valence-electron chi connectivity index (χ3n) is 2.88. The minimum Gasteiger partial charge on any atom is -0.298 e. The van der Waals surface area contributed by atoms with E-state index in [1.54, 1.807) is 0 Å². The van der Waals surface area contributed by atoms with Crippen LogP contribution in [0.1, 0.15) is 25.8 Å². The fourth-order valence-corrected chi connectivity index (χ4v) is 1.60. The zero-order valence-corrected chi connectivity index (χ0v) is 10.4. The van der Waals surface area contributed by atoms with E-state index >= 15 is 0 Å². The molecule has 0 saturated heterocycles. The first-order chi connectivity index (χ1) is 7.63. The van der Waals surface area contributed by atoms with Crippen molar-refractivity contribution >= 4 is 5.78 Å². The van der Waals surface area contributed by atoms with Gasteiger partial charge in [0.15, 0.2) is 0 Å². The topological polar surface area (TPSA) is 20.3 Å². The Hall–Kier alpha value is -1.15. The SMILES string of the molecule is CCC(C)C(=O)CN(C)Cc1ccccc1. The molecule has 1 atom stereocenters. The number of carbonyl (C=O) groups excluding carboxylic acids is 1. The minimum absolute atomic E-state index is 0.179. The van der Waals surface area contributed by atoms with Crippen molar-refractivity contribution in [2.45, 2.75) is 26.8 Å². The highest BCUT2D eigenvalue weighted by atomic mass is 16.1. The highest BCUT2D eigenvalue weighted by Crippen LogP contribution is 2.06. The lowest BCUT2D eigenvalue weighted by molar-refractivity contribution is -0.123. The zero-order valence-electron chi connectivity index (χ0n) is 10.4. The van der Waals surface area contributed by atoms with Gasteiger partial charge in [0.2, 0.25) is 0 Å². The van der Waals surface area contributed by atoms with Crippen LogP contribution in [-0.2, 0) is 11.3 Å². The first-order valence-electron chi connectivity index (χ1n) is 5.88. The van der Waals surface area contributed by atoms with Gasteiger partial charge in [-0.15, -0.1) is 0 Å². The summed E-state index contributed by atoms with van der Waals surface area (Å²) in [6.45, 7) is 5.44. The van der Waals surface area contributed by atoms with Crippen molar-refractivity contribution in [1.29, 1.82) is 0 Å². The lowest BCUT2D eigenvalue weighted by Crippen LogP contribution is -2.28. The van der Waals surface area contributed by atoms with Gasteiger partial charge in [-0.05, 0) is 19.0 Å². The molecular formula is C14H21NO. The standard InChI is InChI=1S/C14H21NO/c1-4-12(2)14(16)11-15(3)10-13-8-6-5-7-9-13/h5-9,12H,4,10-11H2,1-3H3. The van der Waals surface area contributed by atoms with Crippen LogP contribution >= 0.6 is 0 Å². The van der Waals surface area contributed by atoms with Crippen LogP contribution in [0, 0.1) is 5.92 Å². The van der Waals surface area contributed by atoms with Gasteiger partial charge in [-0.3, -0.25) is 9.69 Å². The minimum atomic E-state index is 0.179. The van der Waals surface area contributed by atoms with Crippen molar-refractivity contribution in [1.82, 2.24) is 4.90 Å². The van der Waals surface area contributed by atoms with Crippen LogP contribution in [0.5, 0.6) is 0 Å². The largest absolute Gasteiger partial charge is 0.298 e. The van der Waals surface area contributed by atoms with Crippen molar-refractivity contribution in [2.24, 2.45) is 5.92 Å². The van der Waals surface area contributed by atoms with Crippen molar-refractivity contribution < 1.29 is 4.79 Å². The molecule has 0 aliphatic heterocycles. The Morgan fingerprint density at radius 2 is 1.94 bits per heavy atom. The number of likely N-dealkylation sites (N-methyl/N-ethyl adjacent to an activating group) is 1. The van der Waals surface area contributed by atoms with Gasteiger partial charge in [0, 0.05) is 12.5 Å². The zero-order chi connectivity index (χ0) is 12.0. The number of rotatable bonds is 6. The fourth-order valence-electron chi connectivity index (χ4n) is 1.60. The van der Waals surface area contributed by atoms with Crippen LogP contribution in [-0.4, -0.2) is 24.3 Å². The summed E-state index contributed by atoms with van der Waals surface area (Å²) in [4.78, 5) is 13.8. The molecule has 0 radical (unpaired) electrons. The number of benzene rings is 1. The van der Waals surface area contributed by atoms with Crippen LogP contribution < -0.4 is 0 Å². The Kier molecular flexibility index (Phi) is 5.20. The second-order valence-electron chi connectivity index (χ2n) is 4.43. The number of Topliss-reactive ketones (excluding diaryl/α,β-unsaturated/α-hetero) is 1. The Balaban J connectivity index is 2.42. The lowest BCUT2D eigenvalue weighted by Gasteiger charge is -2.17. The molecule has 0 aliphatic rings. The highest BCUT2D eigenvalue weighted by molar-refractivity contribution is 5.82. The first kappa shape index (κ1) is 12.9. The van der Waals surface area contributed by atoms with E-state index in [9.17, 15) is 4.79 Å². The molecule has 0 aromatic heterocycles. The van der Waals surface area contributed by atoms with Crippen molar-refractivity contribution in [3.05, 3.63) is 35.9 Å². The molecule has 1 aromatic rings. The molecule has 0 spiro atoms. The number of hydrogen-bond acceptors (Lipinski definition) is 2. The van der Waals surface area contributed by atoms with Crippen molar-refractivity contribution in [2.75, 3.05) is 13.6 Å². The number of ketones is 1. The maximum atomic E-state index is 11.7. The Bertz CT molecular complexity index is 321. The molecule has 88 valence electrons. The second kappa shape index (κ2) is 6.44. The van der Waals surface area contributed by atoms with Gasteiger partial charge in [0.25, 0.3) is 0 Å². The fraction of sp³-hybridized carbons (Fsp3) is 0.500. The van der Waals surface area contributed by atoms with Gasteiger partial charge in [0.1, 0.15) is 5.78 Å². The van der Waals surface area contributed by atoms with E-state index in [-0.39, 0.29) is 5.92 Å². The molecule has 0 N–H and O–H groups in total. The molecular weight excluding hydrogens is 198 g/mol. The van der Waals surface area contributed by atoms with E-state index in [1.807, 2.05) is 32.2 Å². The van der Waals surface area contributed by atoms with Crippen LogP contribution in [0.25, 0.3) is 0 Å². The molecule has 2 heteroatoms. The summed E-state index contributed by atoms with van der Waals surface area (Å²) in [6.07, 6.45) is 0.929.